The van der Waals surface area contributed by atoms with Crippen molar-refractivity contribution in [3.8, 4) is 11.3 Å². The Morgan fingerprint density at radius 2 is 1.66 bits per heavy atom. The molecule has 3 rings (SSSR count). The first-order chi connectivity index (χ1) is 18.0. The SMILES string of the molecule is CCOC(=O)Nc1cccc(Cn2nc(-c3ccc(NC(=O)CNC(=O)OC(C)(C)C)cc3)ccc2=O)c1. The maximum Gasteiger partial charge on any atom is 0.411 e. The number of alkyl carbamates (subject to hydrolysis) is 1. The lowest BCUT2D eigenvalue weighted by Gasteiger charge is -2.19. The van der Waals surface area contributed by atoms with Crippen LogP contribution in [0.5, 0.6) is 0 Å². The van der Waals surface area contributed by atoms with Crippen LogP contribution in [-0.2, 0) is 20.8 Å². The molecule has 1 heterocycles. The highest BCUT2D eigenvalue weighted by Gasteiger charge is 2.16. The monoisotopic (exact) mass is 521 g/mol. The topological polar surface area (TPSA) is 141 Å². The molecule has 0 aliphatic carbocycles. The van der Waals surface area contributed by atoms with E-state index >= 15 is 0 Å². The van der Waals surface area contributed by atoms with Crippen molar-refractivity contribution in [3.63, 3.8) is 0 Å². The van der Waals surface area contributed by atoms with Crippen LogP contribution in [0, 0.1) is 0 Å². The van der Waals surface area contributed by atoms with Crippen molar-refractivity contribution in [2.24, 2.45) is 0 Å². The molecule has 3 amide bonds. The van der Waals surface area contributed by atoms with Crippen molar-refractivity contribution in [1.29, 1.82) is 0 Å². The lowest BCUT2D eigenvalue weighted by Crippen LogP contribution is -2.37. The van der Waals surface area contributed by atoms with Gasteiger partial charge in [0.15, 0.2) is 0 Å². The molecule has 3 aromatic rings. The van der Waals surface area contributed by atoms with E-state index in [1.54, 1.807) is 76.2 Å². The van der Waals surface area contributed by atoms with Gasteiger partial charge >= 0.3 is 12.2 Å². The maximum absolute atomic E-state index is 12.4. The van der Waals surface area contributed by atoms with E-state index in [2.05, 4.69) is 21.0 Å². The smallest absolute Gasteiger partial charge is 0.411 e. The molecule has 38 heavy (non-hydrogen) atoms. The molecular formula is C27H31N5O6. The number of nitrogens with zero attached hydrogens (tertiary/aromatic N) is 2. The van der Waals surface area contributed by atoms with Gasteiger partial charge in [0.1, 0.15) is 12.1 Å². The molecule has 11 nitrogen and oxygen atoms in total. The van der Waals surface area contributed by atoms with Crippen LogP contribution in [0.1, 0.15) is 33.3 Å². The fourth-order valence-corrected chi connectivity index (χ4v) is 3.32. The van der Waals surface area contributed by atoms with Gasteiger partial charge in [-0.05, 0) is 63.6 Å². The zero-order valence-electron chi connectivity index (χ0n) is 21.7. The number of carbonyl (C=O) groups excluding carboxylic acids is 3. The number of rotatable bonds is 8. The van der Waals surface area contributed by atoms with Crippen molar-refractivity contribution in [2.45, 2.75) is 39.8 Å². The molecule has 0 atom stereocenters. The first kappa shape index (κ1) is 27.9. The Kier molecular flexibility index (Phi) is 9.20. The largest absolute Gasteiger partial charge is 0.450 e. The van der Waals surface area contributed by atoms with Crippen LogP contribution in [0.3, 0.4) is 0 Å². The highest BCUT2D eigenvalue weighted by Crippen LogP contribution is 2.19. The number of ether oxygens (including phenoxy) is 2. The fourth-order valence-electron chi connectivity index (χ4n) is 3.32. The second kappa shape index (κ2) is 12.5. The van der Waals surface area contributed by atoms with Crippen LogP contribution in [0.15, 0.2) is 65.5 Å². The van der Waals surface area contributed by atoms with Crippen molar-refractivity contribution in [3.05, 3.63) is 76.6 Å². The number of carbonyl (C=O) groups is 3. The number of hydrogen-bond acceptors (Lipinski definition) is 7. The molecule has 1 aromatic heterocycles. The van der Waals surface area contributed by atoms with Gasteiger partial charge in [-0.3, -0.25) is 14.9 Å². The van der Waals surface area contributed by atoms with Gasteiger partial charge in [0.05, 0.1) is 18.8 Å². The summed E-state index contributed by atoms with van der Waals surface area (Å²) in [6.07, 6.45) is -1.23. The number of amides is 3. The van der Waals surface area contributed by atoms with Crippen LogP contribution in [0.2, 0.25) is 0 Å². The average molecular weight is 522 g/mol. The third-order valence-electron chi connectivity index (χ3n) is 4.90. The Labute approximate surface area is 220 Å². The second-order valence-corrected chi connectivity index (χ2v) is 9.24. The average Bonchev–Trinajstić information content (AvgIpc) is 2.84. The predicted octanol–water partition coefficient (Wildman–Crippen LogP) is 3.99. The zero-order chi connectivity index (χ0) is 27.7. The summed E-state index contributed by atoms with van der Waals surface area (Å²) in [5.74, 6) is -0.407. The lowest BCUT2D eigenvalue weighted by molar-refractivity contribution is -0.115. The standard InChI is InChI=1S/C27H31N5O6/c1-5-37-26(36)30-21-8-6-7-18(15-21)17-32-24(34)14-13-22(31-32)19-9-11-20(12-10-19)29-23(33)16-28-25(35)38-27(2,3)4/h6-15H,5,16-17H2,1-4H3,(H,28,35)(H,29,33)(H,30,36). The third kappa shape index (κ3) is 8.77. The number of aromatic nitrogens is 2. The summed E-state index contributed by atoms with van der Waals surface area (Å²) >= 11 is 0. The third-order valence-corrected chi connectivity index (χ3v) is 4.90. The van der Waals surface area contributed by atoms with Crippen LogP contribution >= 0.6 is 0 Å². The Morgan fingerprint density at radius 3 is 2.34 bits per heavy atom. The van der Waals surface area contributed by atoms with Gasteiger partial charge in [0.25, 0.3) is 5.56 Å². The summed E-state index contributed by atoms with van der Waals surface area (Å²) in [6.45, 7) is 7.15. The summed E-state index contributed by atoms with van der Waals surface area (Å²) in [4.78, 5) is 48.0. The molecule has 0 spiro atoms. The minimum absolute atomic E-state index is 0.198. The maximum atomic E-state index is 12.4. The lowest BCUT2D eigenvalue weighted by atomic mass is 10.1. The van der Waals surface area contributed by atoms with Gasteiger partial charge in [0.2, 0.25) is 5.91 Å². The van der Waals surface area contributed by atoms with E-state index in [0.717, 1.165) is 11.1 Å². The number of nitrogens with one attached hydrogen (secondary N) is 3. The van der Waals surface area contributed by atoms with E-state index in [1.807, 2.05) is 6.07 Å². The molecule has 0 saturated carbocycles. The van der Waals surface area contributed by atoms with E-state index in [1.165, 1.54) is 10.7 Å². The Bertz CT molecular complexity index is 1350. The first-order valence-electron chi connectivity index (χ1n) is 12.0. The zero-order valence-corrected chi connectivity index (χ0v) is 21.7. The molecule has 0 radical (unpaired) electrons. The summed E-state index contributed by atoms with van der Waals surface area (Å²) in [5.41, 5.74) is 2.21. The highest BCUT2D eigenvalue weighted by molar-refractivity contribution is 5.94. The summed E-state index contributed by atoms with van der Waals surface area (Å²) in [6, 6.07) is 17.0. The molecular weight excluding hydrogens is 490 g/mol. The van der Waals surface area contributed by atoms with E-state index in [0.29, 0.717) is 17.1 Å². The van der Waals surface area contributed by atoms with Crippen LogP contribution in [0.4, 0.5) is 21.0 Å². The van der Waals surface area contributed by atoms with Crippen molar-refractivity contribution >= 4 is 29.5 Å². The summed E-state index contributed by atoms with van der Waals surface area (Å²) in [7, 11) is 0. The fraction of sp³-hybridized carbons (Fsp3) is 0.296. The van der Waals surface area contributed by atoms with Gasteiger partial charge in [-0.2, -0.15) is 5.10 Å². The molecule has 0 fully saturated rings. The van der Waals surface area contributed by atoms with E-state index in [4.69, 9.17) is 9.47 Å². The van der Waals surface area contributed by atoms with Crippen LogP contribution in [-0.4, -0.2) is 46.6 Å². The second-order valence-electron chi connectivity index (χ2n) is 9.24. The molecule has 0 saturated heterocycles. The number of benzene rings is 2. The molecule has 200 valence electrons. The Morgan fingerprint density at radius 1 is 0.921 bits per heavy atom. The number of anilines is 2. The van der Waals surface area contributed by atoms with Gasteiger partial charge in [-0.1, -0.05) is 24.3 Å². The minimum atomic E-state index is -0.675. The quantitative estimate of drug-likeness (QED) is 0.407. The molecule has 2 aromatic carbocycles. The molecule has 0 aliphatic heterocycles. The summed E-state index contributed by atoms with van der Waals surface area (Å²) in [5, 5.41) is 12.2. The number of hydrogen-bond donors (Lipinski definition) is 3. The minimum Gasteiger partial charge on any atom is -0.450 e. The van der Waals surface area contributed by atoms with Crippen molar-refractivity contribution < 1.29 is 23.9 Å². The molecule has 0 unspecified atom stereocenters. The predicted molar refractivity (Wildman–Crippen MR) is 143 cm³/mol. The van der Waals surface area contributed by atoms with Crippen molar-refractivity contribution in [1.82, 2.24) is 15.1 Å². The van der Waals surface area contributed by atoms with E-state index in [9.17, 15) is 19.2 Å². The highest BCUT2D eigenvalue weighted by atomic mass is 16.6. The molecule has 0 aliphatic rings. The van der Waals surface area contributed by atoms with E-state index in [-0.39, 0.29) is 25.3 Å². The van der Waals surface area contributed by atoms with Crippen LogP contribution in [0.25, 0.3) is 11.3 Å². The molecule has 3 N–H and O–H groups in total. The first-order valence-corrected chi connectivity index (χ1v) is 12.0. The van der Waals surface area contributed by atoms with Crippen molar-refractivity contribution in [2.75, 3.05) is 23.8 Å². The summed E-state index contributed by atoms with van der Waals surface area (Å²) < 4.78 is 11.3. The molecule has 11 heteroatoms. The normalized spacial score (nSPS) is 10.8. The molecule has 0 bridgehead atoms. The van der Waals surface area contributed by atoms with Gasteiger partial charge in [-0.15, -0.1) is 0 Å². The Hall–Kier alpha value is -4.67. The van der Waals surface area contributed by atoms with Gasteiger partial charge in [-0.25, -0.2) is 14.3 Å². The van der Waals surface area contributed by atoms with Gasteiger partial charge in [0, 0.05) is 23.0 Å². The van der Waals surface area contributed by atoms with E-state index < -0.39 is 23.7 Å². The Balaban J connectivity index is 1.64. The van der Waals surface area contributed by atoms with Crippen LogP contribution < -0.4 is 21.5 Å². The van der Waals surface area contributed by atoms with Gasteiger partial charge < -0.3 is 20.1 Å².